The molecular formula is C22H21N3S. The number of fused-ring (bicyclic) bond motifs is 1. The number of aryl methyl sites for hydroxylation is 3. The Balaban J connectivity index is 1.75. The third kappa shape index (κ3) is 3.00. The molecule has 1 aromatic carbocycles. The van der Waals surface area contributed by atoms with E-state index in [9.17, 15) is 5.26 Å². The highest BCUT2D eigenvalue weighted by atomic mass is 32.1. The van der Waals surface area contributed by atoms with Crippen molar-refractivity contribution in [3.63, 3.8) is 0 Å². The molecule has 0 bridgehead atoms. The van der Waals surface area contributed by atoms with Crippen LogP contribution in [0.25, 0.3) is 17.3 Å². The van der Waals surface area contributed by atoms with E-state index in [1.54, 1.807) is 11.3 Å². The summed E-state index contributed by atoms with van der Waals surface area (Å²) in [5.74, 6) is 0. The SMILES string of the molecule is Cc1cc(/C=C(/C#N)c2nc3c(s2)CCCC3)c(C)n1-c1ccccc1. The van der Waals surface area contributed by atoms with Gasteiger partial charge >= 0.3 is 0 Å². The normalized spacial score (nSPS) is 14.1. The van der Waals surface area contributed by atoms with Crippen molar-refractivity contribution in [2.24, 2.45) is 0 Å². The molecule has 0 fully saturated rings. The number of hydrogen-bond donors (Lipinski definition) is 0. The number of nitrogens with zero attached hydrogens (tertiary/aromatic N) is 3. The van der Waals surface area contributed by atoms with Crippen molar-refractivity contribution in [1.29, 1.82) is 5.26 Å². The van der Waals surface area contributed by atoms with Gasteiger partial charge in [-0.25, -0.2) is 4.98 Å². The Labute approximate surface area is 158 Å². The van der Waals surface area contributed by atoms with Gasteiger partial charge in [-0.3, -0.25) is 0 Å². The maximum absolute atomic E-state index is 9.73. The average molecular weight is 359 g/mol. The fraction of sp³-hybridized carbons (Fsp3) is 0.273. The number of nitriles is 1. The Morgan fingerprint density at radius 3 is 2.69 bits per heavy atom. The molecular weight excluding hydrogens is 338 g/mol. The standard InChI is InChI=1S/C22H21N3S/c1-15-12-17(16(2)25(15)19-8-4-3-5-9-19)13-18(14-23)22-24-20-10-6-7-11-21(20)26-22/h3-5,8-9,12-13H,6-7,10-11H2,1-2H3/b18-13-. The molecule has 4 rings (SSSR count). The van der Waals surface area contributed by atoms with Crippen molar-refractivity contribution in [2.75, 3.05) is 0 Å². The molecule has 0 saturated heterocycles. The molecule has 2 heterocycles. The predicted molar refractivity (Wildman–Crippen MR) is 107 cm³/mol. The van der Waals surface area contributed by atoms with Crippen LogP contribution in [0.5, 0.6) is 0 Å². The highest BCUT2D eigenvalue weighted by molar-refractivity contribution is 7.13. The highest BCUT2D eigenvalue weighted by Crippen LogP contribution is 2.32. The van der Waals surface area contributed by atoms with Crippen molar-refractivity contribution in [1.82, 2.24) is 9.55 Å². The van der Waals surface area contributed by atoms with E-state index in [0.29, 0.717) is 5.57 Å². The van der Waals surface area contributed by atoms with Gasteiger partial charge in [0.15, 0.2) is 0 Å². The van der Waals surface area contributed by atoms with Crippen LogP contribution in [0.1, 0.15) is 45.4 Å². The molecule has 0 N–H and O–H groups in total. The number of hydrogen-bond acceptors (Lipinski definition) is 3. The minimum Gasteiger partial charge on any atom is -0.318 e. The molecule has 1 aliphatic rings. The Bertz CT molecular complexity index is 992. The van der Waals surface area contributed by atoms with Gasteiger partial charge in [-0.05, 0) is 69.4 Å². The molecule has 0 atom stereocenters. The van der Waals surface area contributed by atoms with Crippen LogP contribution in [0.15, 0.2) is 36.4 Å². The van der Waals surface area contributed by atoms with E-state index in [0.717, 1.165) is 40.5 Å². The van der Waals surface area contributed by atoms with Crippen molar-refractivity contribution in [2.45, 2.75) is 39.5 Å². The molecule has 3 nitrogen and oxygen atoms in total. The Hall–Kier alpha value is -2.64. The molecule has 0 amide bonds. The maximum atomic E-state index is 9.73. The zero-order chi connectivity index (χ0) is 18.1. The van der Waals surface area contributed by atoms with E-state index in [4.69, 9.17) is 4.98 Å². The third-order valence-corrected chi connectivity index (χ3v) is 6.17. The van der Waals surface area contributed by atoms with Crippen molar-refractivity contribution in [3.05, 3.63) is 68.9 Å². The molecule has 4 heteroatoms. The van der Waals surface area contributed by atoms with Crippen molar-refractivity contribution < 1.29 is 0 Å². The summed E-state index contributed by atoms with van der Waals surface area (Å²) in [6, 6.07) is 14.8. The number of aromatic nitrogens is 2. The Kier molecular flexibility index (Phi) is 4.48. The highest BCUT2D eigenvalue weighted by Gasteiger charge is 2.18. The topological polar surface area (TPSA) is 41.6 Å². The summed E-state index contributed by atoms with van der Waals surface area (Å²) >= 11 is 1.69. The van der Waals surface area contributed by atoms with E-state index in [-0.39, 0.29) is 0 Å². The lowest BCUT2D eigenvalue weighted by Gasteiger charge is -2.09. The summed E-state index contributed by atoms with van der Waals surface area (Å²) in [5, 5.41) is 10.6. The van der Waals surface area contributed by atoms with Crippen LogP contribution >= 0.6 is 11.3 Å². The number of allylic oxidation sites excluding steroid dienone is 1. The summed E-state index contributed by atoms with van der Waals surface area (Å²) in [5.41, 5.74) is 6.39. The van der Waals surface area contributed by atoms with Gasteiger partial charge in [0.25, 0.3) is 0 Å². The first-order valence-electron chi connectivity index (χ1n) is 9.02. The molecule has 3 aromatic rings. The summed E-state index contributed by atoms with van der Waals surface area (Å²) in [7, 11) is 0. The van der Waals surface area contributed by atoms with Crippen LogP contribution in [0.2, 0.25) is 0 Å². The lowest BCUT2D eigenvalue weighted by Crippen LogP contribution is -1.99. The van der Waals surface area contributed by atoms with Crippen LogP contribution in [-0.2, 0) is 12.8 Å². The Morgan fingerprint density at radius 2 is 1.96 bits per heavy atom. The molecule has 130 valence electrons. The number of benzene rings is 1. The largest absolute Gasteiger partial charge is 0.318 e. The quantitative estimate of drug-likeness (QED) is 0.580. The molecule has 0 aliphatic heterocycles. The molecule has 26 heavy (non-hydrogen) atoms. The Morgan fingerprint density at radius 1 is 1.19 bits per heavy atom. The molecule has 0 radical (unpaired) electrons. The monoisotopic (exact) mass is 359 g/mol. The molecule has 0 saturated carbocycles. The third-order valence-electron chi connectivity index (χ3n) is 4.98. The zero-order valence-electron chi connectivity index (χ0n) is 15.1. The van der Waals surface area contributed by atoms with E-state index >= 15 is 0 Å². The minimum absolute atomic E-state index is 0.665. The zero-order valence-corrected chi connectivity index (χ0v) is 15.9. The maximum Gasteiger partial charge on any atom is 0.134 e. The van der Waals surface area contributed by atoms with Gasteiger partial charge in [0, 0.05) is 22.0 Å². The van der Waals surface area contributed by atoms with Gasteiger partial charge in [0.05, 0.1) is 11.3 Å². The van der Waals surface area contributed by atoms with E-state index in [1.165, 1.54) is 23.4 Å². The second kappa shape index (κ2) is 6.93. The summed E-state index contributed by atoms with van der Waals surface area (Å²) in [6.45, 7) is 4.21. The molecule has 0 unspecified atom stereocenters. The van der Waals surface area contributed by atoms with E-state index in [1.807, 2.05) is 24.3 Å². The first kappa shape index (κ1) is 16.8. The van der Waals surface area contributed by atoms with Gasteiger partial charge in [0.1, 0.15) is 11.1 Å². The lowest BCUT2D eigenvalue weighted by molar-refractivity contribution is 0.682. The van der Waals surface area contributed by atoms with E-state index < -0.39 is 0 Å². The first-order valence-corrected chi connectivity index (χ1v) is 9.84. The van der Waals surface area contributed by atoms with Gasteiger partial charge in [-0.15, -0.1) is 11.3 Å². The smallest absolute Gasteiger partial charge is 0.134 e. The molecule has 0 spiro atoms. The van der Waals surface area contributed by atoms with Crippen molar-refractivity contribution >= 4 is 23.0 Å². The van der Waals surface area contributed by atoms with Crippen LogP contribution in [0.4, 0.5) is 0 Å². The average Bonchev–Trinajstić information content (AvgIpc) is 3.21. The van der Waals surface area contributed by atoms with E-state index in [2.05, 4.69) is 42.7 Å². The van der Waals surface area contributed by atoms with Crippen molar-refractivity contribution in [3.8, 4) is 11.8 Å². The van der Waals surface area contributed by atoms with Gasteiger partial charge < -0.3 is 4.57 Å². The molecule has 1 aliphatic carbocycles. The predicted octanol–water partition coefficient (Wildman–Crippen LogP) is 5.49. The summed E-state index contributed by atoms with van der Waals surface area (Å²) < 4.78 is 2.23. The first-order chi connectivity index (χ1) is 12.7. The fourth-order valence-electron chi connectivity index (χ4n) is 3.67. The van der Waals surface area contributed by atoms with Gasteiger partial charge in [-0.1, -0.05) is 18.2 Å². The van der Waals surface area contributed by atoms with Gasteiger partial charge in [0.2, 0.25) is 0 Å². The van der Waals surface area contributed by atoms with Crippen LogP contribution < -0.4 is 0 Å². The van der Waals surface area contributed by atoms with Crippen LogP contribution in [-0.4, -0.2) is 9.55 Å². The van der Waals surface area contributed by atoms with Crippen LogP contribution in [0.3, 0.4) is 0 Å². The number of para-hydroxylation sites is 1. The molecule has 2 aromatic heterocycles. The summed E-state index contributed by atoms with van der Waals surface area (Å²) in [4.78, 5) is 6.12. The second-order valence-corrected chi connectivity index (χ2v) is 7.85. The fourth-order valence-corrected chi connectivity index (χ4v) is 4.79. The summed E-state index contributed by atoms with van der Waals surface area (Å²) in [6.07, 6.45) is 6.59. The second-order valence-electron chi connectivity index (χ2n) is 6.76. The lowest BCUT2D eigenvalue weighted by atomic mass is 10.0. The number of rotatable bonds is 3. The van der Waals surface area contributed by atoms with Gasteiger partial charge in [-0.2, -0.15) is 5.26 Å². The minimum atomic E-state index is 0.665. The van der Waals surface area contributed by atoms with Crippen LogP contribution in [0, 0.1) is 25.2 Å². The number of thiazole rings is 1.